The molecule has 2 saturated heterocycles. The van der Waals surface area contributed by atoms with E-state index < -0.39 is 0 Å². The van der Waals surface area contributed by atoms with E-state index in [4.69, 9.17) is 0 Å². The summed E-state index contributed by atoms with van der Waals surface area (Å²) >= 11 is 1.32. The first-order chi connectivity index (χ1) is 14.7. The number of carbonyl (C=O) groups is 2. The van der Waals surface area contributed by atoms with Gasteiger partial charge < -0.3 is 9.80 Å². The number of benzene rings is 1. The van der Waals surface area contributed by atoms with Crippen molar-refractivity contribution in [3.63, 3.8) is 0 Å². The van der Waals surface area contributed by atoms with E-state index in [2.05, 4.69) is 35.2 Å². The number of hydrogen-bond donors (Lipinski definition) is 0. The molecule has 1 atom stereocenters. The second-order valence-electron chi connectivity index (χ2n) is 8.56. The topological polar surface area (TPSA) is 43.9 Å². The number of carbonyl (C=O) groups excluding carboxylic acids is 2. The lowest BCUT2D eigenvalue weighted by molar-refractivity contribution is -0.132. The summed E-state index contributed by atoms with van der Waals surface area (Å²) in [6, 6.07) is 10.5. The first kappa shape index (κ1) is 21.4. The van der Waals surface area contributed by atoms with Crippen LogP contribution in [0, 0.1) is 5.92 Å². The molecule has 0 radical (unpaired) electrons. The summed E-state index contributed by atoms with van der Waals surface area (Å²) in [5, 5.41) is 0.133. The Hall–Kier alpha value is -1.79. The lowest BCUT2D eigenvalue weighted by Gasteiger charge is -2.37. The predicted molar refractivity (Wildman–Crippen MR) is 122 cm³/mol. The van der Waals surface area contributed by atoms with Gasteiger partial charge in [0.1, 0.15) is 0 Å². The van der Waals surface area contributed by atoms with E-state index in [1.807, 2.05) is 15.9 Å². The van der Waals surface area contributed by atoms with Crippen LogP contribution in [0.1, 0.15) is 44.1 Å². The Morgan fingerprint density at radius 3 is 2.53 bits per heavy atom. The number of likely N-dealkylation sites (tertiary alicyclic amines) is 1. The van der Waals surface area contributed by atoms with Gasteiger partial charge in [-0.25, -0.2) is 0 Å². The maximum Gasteiger partial charge on any atom is 0.285 e. The van der Waals surface area contributed by atoms with Crippen LogP contribution < -0.4 is 0 Å². The van der Waals surface area contributed by atoms with Crippen LogP contribution in [0.15, 0.2) is 42.1 Å². The standard InChI is InChI=1S/C24H33N3O2S/c28-23(26-16-14-25(15-17-26)19-20-7-2-1-3-8-20)12-18-30-24(29)27-13-6-10-21-9-4-5-11-22(21)27/h1-3,7-8,11,21H,4-6,9-10,12-19H2. The van der Waals surface area contributed by atoms with Crippen LogP contribution in [0.4, 0.5) is 4.79 Å². The molecule has 3 aliphatic rings. The highest BCUT2D eigenvalue weighted by atomic mass is 32.2. The number of rotatable bonds is 5. The van der Waals surface area contributed by atoms with Crippen LogP contribution >= 0.6 is 11.8 Å². The van der Waals surface area contributed by atoms with Crippen LogP contribution in [-0.2, 0) is 11.3 Å². The Bertz CT molecular complexity index is 759. The van der Waals surface area contributed by atoms with Gasteiger partial charge in [-0.2, -0.15) is 0 Å². The molecule has 1 aromatic carbocycles. The molecule has 1 unspecified atom stereocenters. The summed E-state index contributed by atoms with van der Waals surface area (Å²) in [7, 11) is 0. The minimum Gasteiger partial charge on any atom is -0.340 e. The first-order valence-electron chi connectivity index (χ1n) is 11.4. The molecule has 2 fully saturated rings. The maximum absolute atomic E-state index is 12.7. The fourth-order valence-electron chi connectivity index (χ4n) is 4.83. The van der Waals surface area contributed by atoms with E-state index in [-0.39, 0.29) is 11.1 Å². The summed E-state index contributed by atoms with van der Waals surface area (Å²) in [5.74, 6) is 1.34. The Kier molecular flexibility index (Phi) is 7.50. The zero-order chi connectivity index (χ0) is 20.8. The van der Waals surface area contributed by atoms with Crippen molar-refractivity contribution < 1.29 is 9.59 Å². The minimum absolute atomic E-state index is 0.133. The number of piperidine rings is 1. The predicted octanol–water partition coefficient (Wildman–Crippen LogP) is 4.35. The van der Waals surface area contributed by atoms with Gasteiger partial charge in [0.25, 0.3) is 5.24 Å². The van der Waals surface area contributed by atoms with Crippen LogP contribution in [0.3, 0.4) is 0 Å². The number of nitrogens with zero attached hydrogens (tertiary/aromatic N) is 3. The molecule has 1 aliphatic carbocycles. The monoisotopic (exact) mass is 427 g/mol. The molecular weight excluding hydrogens is 394 g/mol. The highest BCUT2D eigenvalue weighted by Crippen LogP contribution is 2.36. The number of thioether (sulfide) groups is 1. The number of piperazine rings is 1. The minimum atomic E-state index is 0.133. The van der Waals surface area contributed by atoms with Crippen LogP contribution in [0.2, 0.25) is 0 Å². The molecule has 0 N–H and O–H groups in total. The lowest BCUT2D eigenvalue weighted by Crippen LogP contribution is -2.48. The van der Waals surface area contributed by atoms with Crippen LogP contribution in [0.5, 0.6) is 0 Å². The van der Waals surface area contributed by atoms with Crippen molar-refractivity contribution in [2.75, 3.05) is 38.5 Å². The van der Waals surface area contributed by atoms with E-state index in [1.54, 1.807) is 0 Å². The Morgan fingerprint density at radius 1 is 0.967 bits per heavy atom. The highest BCUT2D eigenvalue weighted by Gasteiger charge is 2.30. The third kappa shape index (κ3) is 5.46. The quantitative estimate of drug-likeness (QED) is 0.701. The second-order valence-corrected chi connectivity index (χ2v) is 9.60. The van der Waals surface area contributed by atoms with E-state index in [0.717, 1.165) is 52.1 Å². The Labute approximate surface area is 184 Å². The van der Waals surface area contributed by atoms with E-state index >= 15 is 0 Å². The van der Waals surface area contributed by atoms with Gasteiger partial charge in [-0.3, -0.25) is 14.5 Å². The van der Waals surface area contributed by atoms with Crippen molar-refractivity contribution in [2.45, 2.75) is 45.1 Å². The third-order valence-electron chi connectivity index (χ3n) is 6.51. The number of allylic oxidation sites excluding steroid dienone is 2. The van der Waals surface area contributed by atoms with E-state index in [9.17, 15) is 9.59 Å². The van der Waals surface area contributed by atoms with E-state index in [1.165, 1.54) is 42.3 Å². The molecule has 4 rings (SSSR count). The smallest absolute Gasteiger partial charge is 0.285 e. The molecule has 30 heavy (non-hydrogen) atoms. The van der Waals surface area contributed by atoms with Gasteiger partial charge in [0.05, 0.1) is 0 Å². The molecule has 0 bridgehead atoms. The van der Waals surface area contributed by atoms with Crippen molar-refractivity contribution in [3.8, 4) is 0 Å². The van der Waals surface area contributed by atoms with Gasteiger partial charge in [0.2, 0.25) is 5.91 Å². The molecule has 2 heterocycles. The van der Waals surface area contributed by atoms with Gasteiger partial charge in [-0.15, -0.1) is 0 Å². The normalized spacial score (nSPS) is 22.4. The first-order valence-corrected chi connectivity index (χ1v) is 12.4. The second kappa shape index (κ2) is 10.5. The molecule has 162 valence electrons. The molecular formula is C24H33N3O2S. The number of amides is 2. The van der Waals surface area contributed by atoms with Crippen molar-refractivity contribution >= 4 is 22.9 Å². The van der Waals surface area contributed by atoms with Crippen molar-refractivity contribution in [2.24, 2.45) is 5.92 Å². The summed E-state index contributed by atoms with van der Waals surface area (Å²) in [6.07, 6.45) is 8.59. The highest BCUT2D eigenvalue weighted by molar-refractivity contribution is 8.13. The average molecular weight is 428 g/mol. The van der Waals surface area contributed by atoms with Crippen LogP contribution in [-0.4, -0.2) is 64.3 Å². The summed E-state index contributed by atoms with van der Waals surface area (Å²) < 4.78 is 0. The summed E-state index contributed by atoms with van der Waals surface area (Å²) in [4.78, 5) is 31.7. The molecule has 2 amide bonds. The van der Waals surface area contributed by atoms with Gasteiger partial charge in [0.15, 0.2) is 0 Å². The van der Waals surface area contributed by atoms with E-state index in [0.29, 0.717) is 18.1 Å². The van der Waals surface area contributed by atoms with Crippen LogP contribution in [0.25, 0.3) is 0 Å². The average Bonchev–Trinajstić information content (AvgIpc) is 2.79. The van der Waals surface area contributed by atoms with Gasteiger partial charge in [-0.1, -0.05) is 48.2 Å². The van der Waals surface area contributed by atoms with Crippen molar-refractivity contribution in [1.82, 2.24) is 14.7 Å². The number of hydrogen-bond acceptors (Lipinski definition) is 4. The third-order valence-corrected chi connectivity index (χ3v) is 7.39. The fourth-order valence-corrected chi connectivity index (χ4v) is 5.64. The lowest BCUT2D eigenvalue weighted by atomic mass is 9.85. The van der Waals surface area contributed by atoms with Crippen molar-refractivity contribution in [1.29, 1.82) is 0 Å². The molecule has 0 spiro atoms. The van der Waals surface area contributed by atoms with Gasteiger partial charge in [-0.05, 0) is 43.6 Å². The zero-order valence-electron chi connectivity index (χ0n) is 17.8. The molecule has 1 aromatic rings. The molecule has 2 aliphatic heterocycles. The van der Waals surface area contributed by atoms with Gasteiger partial charge in [0, 0.05) is 57.1 Å². The van der Waals surface area contributed by atoms with Crippen molar-refractivity contribution in [3.05, 3.63) is 47.7 Å². The summed E-state index contributed by atoms with van der Waals surface area (Å²) in [5.41, 5.74) is 2.58. The maximum atomic E-state index is 12.7. The SMILES string of the molecule is O=C(CCSC(=O)N1CCCC2CCCC=C21)N1CCN(Cc2ccccc2)CC1. The molecule has 6 heteroatoms. The molecule has 5 nitrogen and oxygen atoms in total. The van der Waals surface area contributed by atoms with Gasteiger partial charge >= 0.3 is 0 Å². The fraction of sp³-hybridized carbons (Fsp3) is 0.583. The largest absolute Gasteiger partial charge is 0.340 e. The Balaban J connectivity index is 1.17. The molecule has 0 aromatic heterocycles. The Morgan fingerprint density at radius 2 is 1.73 bits per heavy atom. The number of fused-ring (bicyclic) bond motifs is 1. The summed E-state index contributed by atoms with van der Waals surface area (Å²) in [6.45, 7) is 5.17. The molecule has 0 saturated carbocycles. The zero-order valence-corrected chi connectivity index (χ0v) is 18.6.